The van der Waals surface area contributed by atoms with Crippen molar-refractivity contribution < 1.29 is 5.11 Å². The van der Waals surface area contributed by atoms with E-state index in [-0.39, 0.29) is 6.61 Å². The molecule has 2 aromatic rings. The zero-order valence-electron chi connectivity index (χ0n) is 16.5. The van der Waals surface area contributed by atoms with E-state index < -0.39 is 0 Å². The van der Waals surface area contributed by atoms with Gasteiger partial charge in [-0.15, -0.1) is 0 Å². The molecule has 0 spiro atoms. The molecule has 0 aliphatic rings. The summed E-state index contributed by atoms with van der Waals surface area (Å²) in [5.74, 6) is 1.86. The minimum atomic E-state index is 0.230. The summed E-state index contributed by atoms with van der Waals surface area (Å²) in [6.45, 7) is 11.0. The van der Waals surface area contributed by atoms with Crippen LogP contribution in [0.3, 0.4) is 0 Å². The summed E-state index contributed by atoms with van der Waals surface area (Å²) in [7, 11) is 0. The van der Waals surface area contributed by atoms with Crippen molar-refractivity contribution in [2.24, 2.45) is 16.8 Å². The van der Waals surface area contributed by atoms with Crippen LogP contribution in [0.5, 0.6) is 0 Å². The Morgan fingerprint density at radius 3 is 2.77 bits per heavy atom. The Balaban J connectivity index is 2.01. The first-order chi connectivity index (χ1) is 12.5. The fourth-order valence-electron chi connectivity index (χ4n) is 3.17. The number of nitrogens with one attached hydrogen (secondary N) is 2. The number of rotatable bonds is 9. The molecule has 0 bridgehead atoms. The number of aliphatic hydroxyl groups excluding tert-OH is 1. The third kappa shape index (κ3) is 6.02. The highest BCUT2D eigenvalue weighted by Gasteiger charge is 2.11. The largest absolute Gasteiger partial charge is 0.396 e. The molecular weight excluding hydrogens is 326 g/mol. The first-order valence-corrected chi connectivity index (χ1v) is 9.60. The molecule has 6 heteroatoms. The van der Waals surface area contributed by atoms with Crippen LogP contribution in [0.1, 0.15) is 45.0 Å². The molecule has 144 valence electrons. The van der Waals surface area contributed by atoms with E-state index in [4.69, 9.17) is 0 Å². The highest BCUT2D eigenvalue weighted by molar-refractivity contribution is 5.79. The van der Waals surface area contributed by atoms with Crippen LogP contribution >= 0.6 is 0 Å². The minimum absolute atomic E-state index is 0.230. The summed E-state index contributed by atoms with van der Waals surface area (Å²) in [6, 6.07) is 6.10. The van der Waals surface area contributed by atoms with E-state index in [1.54, 1.807) is 0 Å². The Morgan fingerprint density at radius 2 is 2.12 bits per heavy atom. The maximum absolute atomic E-state index is 9.28. The number of hydrogen-bond acceptors (Lipinski definition) is 3. The predicted molar refractivity (Wildman–Crippen MR) is 107 cm³/mol. The van der Waals surface area contributed by atoms with Gasteiger partial charge in [0.2, 0.25) is 0 Å². The van der Waals surface area contributed by atoms with Crippen molar-refractivity contribution in [2.45, 2.75) is 47.1 Å². The van der Waals surface area contributed by atoms with Gasteiger partial charge in [0.15, 0.2) is 5.96 Å². The first kappa shape index (κ1) is 20.2. The number of aromatic nitrogens is 2. The van der Waals surface area contributed by atoms with Crippen molar-refractivity contribution in [3.8, 4) is 0 Å². The number of hydrogen-bond donors (Lipinski definition) is 3. The average molecular weight is 360 g/mol. The van der Waals surface area contributed by atoms with Crippen molar-refractivity contribution in [3.63, 3.8) is 0 Å². The molecule has 2 heterocycles. The van der Waals surface area contributed by atoms with Gasteiger partial charge in [-0.3, -0.25) is 0 Å². The Bertz CT molecular complexity index is 707. The molecular formula is C20H33N5O. The van der Waals surface area contributed by atoms with Gasteiger partial charge in [-0.2, -0.15) is 0 Å². The molecule has 1 atom stereocenters. The molecule has 0 radical (unpaired) electrons. The van der Waals surface area contributed by atoms with Gasteiger partial charge in [-0.1, -0.05) is 19.9 Å². The summed E-state index contributed by atoms with van der Waals surface area (Å²) in [6.07, 6.45) is 3.96. The lowest BCUT2D eigenvalue weighted by Crippen LogP contribution is -2.40. The van der Waals surface area contributed by atoms with Crippen molar-refractivity contribution in [1.29, 1.82) is 0 Å². The Labute approximate surface area is 156 Å². The standard InChI is InChI=1S/C20H33N5O/c1-5-21-20(22-12-17(9-10-26)11-15(2)3)23-13-18-14-25-16(4)7-6-8-19(25)24-18/h6-8,14-15,17,26H,5,9-13H2,1-4H3,(H2,21,22,23). The zero-order chi connectivity index (χ0) is 18.9. The topological polar surface area (TPSA) is 74.0 Å². The van der Waals surface area contributed by atoms with E-state index in [0.717, 1.165) is 48.9 Å². The van der Waals surface area contributed by atoms with Gasteiger partial charge in [0.1, 0.15) is 5.65 Å². The maximum atomic E-state index is 9.28. The zero-order valence-corrected chi connectivity index (χ0v) is 16.5. The second kappa shape index (κ2) is 10.2. The molecule has 0 saturated carbocycles. The van der Waals surface area contributed by atoms with Gasteiger partial charge in [0.05, 0.1) is 12.2 Å². The van der Waals surface area contributed by atoms with E-state index in [1.165, 1.54) is 0 Å². The molecule has 0 amide bonds. The van der Waals surface area contributed by atoms with Crippen LogP contribution < -0.4 is 10.6 Å². The van der Waals surface area contributed by atoms with Gasteiger partial charge in [-0.25, -0.2) is 9.98 Å². The van der Waals surface area contributed by atoms with Gasteiger partial charge >= 0.3 is 0 Å². The molecule has 0 aromatic carbocycles. The molecule has 1 unspecified atom stereocenters. The number of guanidine groups is 1. The third-order valence-corrected chi connectivity index (χ3v) is 4.39. The number of nitrogens with zero attached hydrogens (tertiary/aromatic N) is 3. The molecule has 2 aromatic heterocycles. The van der Waals surface area contributed by atoms with E-state index in [1.807, 2.05) is 18.3 Å². The first-order valence-electron chi connectivity index (χ1n) is 9.60. The van der Waals surface area contributed by atoms with E-state index in [0.29, 0.717) is 18.4 Å². The van der Waals surface area contributed by atoms with Gasteiger partial charge < -0.3 is 20.1 Å². The lowest BCUT2D eigenvalue weighted by molar-refractivity contribution is 0.243. The maximum Gasteiger partial charge on any atom is 0.191 e. The summed E-state index contributed by atoms with van der Waals surface area (Å²) >= 11 is 0. The van der Waals surface area contributed by atoms with E-state index in [9.17, 15) is 5.11 Å². The fourth-order valence-corrected chi connectivity index (χ4v) is 3.17. The van der Waals surface area contributed by atoms with Crippen LogP contribution in [-0.4, -0.2) is 40.1 Å². The molecule has 0 aliphatic heterocycles. The number of aliphatic hydroxyl groups is 1. The molecule has 0 aliphatic carbocycles. The van der Waals surface area contributed by atoms with Crippen LogP contribution in [0.2, 0.25) is 0 Å². The Hall–Kier alpha value is -2.08. The third-order valence-electron chi connectivity index (χ3n) is 4.39. The fraction of sp³-hybridized carbons (Fsp3) is 0.600. The van der Waals surface area contributed by atoms with E-state index in [2.05, 4.69) is 58.8 Å². The Kier molecular flexibility index (Phi) is 7.91. The molecule has 6 nitrogen and oxygen atoms in total. The highest BCUT2D eigenvalue weighted by atomic mass is 16.3. The second-order valence-electron chi connectivity index (χ2n) is 7.21. The SMILES string of the molecule is CCNC(=NCc1cn2c(C)cccc2n1)NCC(CCO)CC(C)C. The normalized spacial score (nSPS) is 13.4. The number of pyridine rings is 1. The summed E-state index contributed by atoms with van der Waals surface area (Å²) < 4.78 is 2.09. The quantitative estimate of drug-likeness (QED) is 0.475. The van der Waals surface area contributed by atoms with Gasteiger partial charge in [0.25, 0.3) is 0 Å². The molecule has 2 rings (SSSR count). The lowest BCUT2D eigenvalue weighted by atomic mass is 9.94. The van der Waals surface area contributed by atoms with Crippen LogP contribution in [-0.2, 0) is 6.54 Å². The van der Waals surface area contributed by atoms with Crippen molar-refractivity contribution in [3.05, 3.63) is 35.8 Å². The molecule has 0 saturated heterocycles. The van der Waals surface area contributed by atoms with Gasteiger partial charge in [0, 0.05) is 31.6 Å². The van der Waals surface area contributed by atoms with Crippen LogP contribution in [0.15, 0.2) is 29.4 Å². The van der Waals surface area contributed by atoms with Crippen LogP contribution in [0.25, 0.3) is 5.65 Å². The molecule has 0 fully saturated rings. The van der Waals surface area contributed by atoms with Crippen LogP contribution in [0, 0.1) is 18.8 Å². The van der Waals surface area contributed by atoms with E-state index >= 15 is 0 Å². The molecule has 26 heavy (non-hydrogen) atoms. The van der Waals surface area contributed by atoms with Crippen LogP contribution in [0.4, 0.5) is 0 Å². The summed E-state index contributed by atoms with van der Waals surface area (Å²) in [5.41, 5.74) is 3.06. The van der Waals surface area contributed by atoms with Crippen molar-refractivity contribution in [2.75, 3.05) is 19.7 Å². The number of aryl methyl sites for hydroxylation is 1. The smallest absolute Gasteiger partial charge is 0.191 e. The number of aliphatic imine (C=N–C) groups is 1. The predicted octanol–water partition coefficient (Wildman–Crippen LogP) is 2.74. The average Bonchev–Trinajstić information content (AvgIpc) is 3.01. The van der Waals surface area contributed by atoms with Crippen molar-refractivity contribution >= 4 is 11.6 Å². The second-order valence-corrected chi connectivity index (χ2v) is 7.21. The lowest BCUT2D eigenvalue weighted by Gasteiger charge is -2.20. The number of imidazole rings is 1. The minimum Gasteiger partial charge on any atom is -0.396 e. The number of fused-ring (bicyclic) bond motifs is 1. The van der Waals surface area contributed by atoms with Gasteiger partial charge in [-0.05, 0) is 50.7 Å². The monoisotopic (exact) mass is 359 g/mol. The molecule has 3 N–H and O–H groups in total. The summed E-state index contributed by atoms with van der Waals surface area (Å²) in [5, 5.41) is 16.0. The highest BCUT2D eigenvalue weighted by Crippen LogP contribution is 2.14. The summed E-state index contributed by atoms with van der Waals surface area (Å²) in [4.78, 5) is 9.31. The van der Waals surface area contributed by atoms with Crippen molar-refractivity contribution in [1.82, 2.24) is 20.0 Å². The Morgan fingerprint density at radius 1 is 1.31 bits per heavy atom.